The molecule has 2 aromatic heterocycles. The van der Waals surface area contributed by atoms with Crippen molar-refractivity contribution in [2.75, 3.05) is 5.32 Å². The molecule has 0 aliphatic rings. The lowest BCUT2D eigenvalue weighted by molar-refractivity contribution is 0.0995. The van der Waals surface area contributed by atoms with E-state index < -0.39 is 0 Å². The van der Waals surface area contributed by atoms with Crippen LogP contribution in [-0.2, 0) is 0 Å². The third-order valence-electron chi connectivity index (χ3n) is 4.56. The van der Waals surface area contributed by atoms with Crippen molar-refractivity contribution >= 4 is 38.6 Å². The third-order valence-corrected chi connectivity index (χ3v) is 4.99. The van der Waals surface area contributed by atoms with Crippen LogP contribution >= 0.6 is 15.9 Å². The number of carbonyl (C=O) groups is 1. The van der Waals surface area contributed by atoms with Gasteiger partial charge in [-0.3, -0.25) is 4.79 Å². The Morgan fingerprint density at radius 2 is 1.75 bits per heavy atom. The van der Waals surface area contributed by atoms with Crippen molar-refractivity contribution in [3.63, 3.8) is 0 Å². The number of halogens is 1. The van der Waals surface area contributed by atoms with Crippen molar-refractivity contribution in [2.24, 2.45) is 0 Å². The maximum atomic E-state index is 12.4. The van der Waals surface area contributed by atoms with E-state index in [0.29, 0.717) is 21.8 Å². The fourth-order valence-corrected chi connectivity index (χ4v) is 3.24. The van der Waals surface area contributed by atoms with Gasteiger partial charge in [-0.05, 0) is 76.3 Å². The normalized spacial score (nSPS) is 11.3. The molecule has 0 radical (unpaired) electrons. The largest absolute Gasteiger partial charge is 0.444 e. The van der Waals surface area contributed by atoms with Crippen molar-refractivity contribution in [2.45, 2.75) is 26.7 Å². The summed E-state index contributed by atoms with van der Waals surface area (Å²) in [5, 5.41) is 12.0. The van der Waals surface area contributed by atoms with Crippen molar-refractivity contribution in [1.82, 2.24) is 15.0 Å². The van der Waals surface area contributed by atoms with Crippen molar-refractivity contribution in [1.29, 1.82) is 0 Å². The predicted molar refractivity (Wildman–Crippen MR) is 112 cm³/mol. The second-order valence-corrected chi connectivity index (χ2v) is 7.73. The topological polar surface area (TPSA) is 73.0 Å². The van der Waals surface area contributed by atoms with Crippen LogP contribution in [0.5, 0.6) is 0 Å². The summed E-state index contributed by atoms with van der Waals surface area (Å²) in [4.78, 5) is 14.0. The fourth-order valence-electron chi connectivity index (χ4n) is 2.93. The molecule has 6 nitrogen and oxygen atoms in total. The molecule has 1 N–H and O–H groups in total. The minimum absolute atomic E-state index is 0.236. The minimum Gasteiger partial charge on any atom is -0.444 e. The molecule has 0 saturated carbocycles. The Hall–Kier alpha value is -2.93. The Balaban J connectivity index is 1.64. The lowest BCUT2D eigenvalue weighted by Gasteiger charge is -2.06. The molecule has 0 spiro atoms. The zero-order valence-corrected chi connectivity index (χ0v) is 17.3. The Labute approximate surface area is 170 Å². The number of nitrogens with zero attached hydrogens (tertiary/aromatic N) is 3. The predicted octanol–water partition coefficient (Wildman–Crippen LogP) is 5.46. The van der Waals surface area contributed by atoms with Crippen LogP contribution in [0.15, 0.2) is 57.6 Å². The lowest BCUT2D eigenvalue weighted by Crippen LogP contribution is -2.11. The molecule has 0 atom stereocenters. The van der Waals surface area contributed by atoms with Gasteiger partial charge in [0.25, 0.3) is 5.91 Å². The van der Waals surface area contributed by atoms with Gasteiger partial charge in [-0.25, -0.2) is 0 Å². The number of hydrogen-bond donors (Lipinski definition) is 1. The number of nitrogens with one attached hydrogen (secondary N) is 1. The highest BCUT2D eigenvalue weighted by atomic mass is 79.9. The number of carbonyl (C=O) groups excluding carboxylic acids is 1. The van der Waals surface area contributed by atoms with E-state index in [1.54, 1.807) is 16.9 Å². The fraction of sp³-hybridized carbons (Fsp3) is 0.190. The number of hydrogen-bond acceptors (Lipinski definition) is 4. The first kappa shape index (κ1) is 18.4. The Morgan fingerprint density at radius 3 is 2.36 bits per heavy atom. The molecule has 2 aromatic carbocycles. The molecular formula is C21H19BrN4O2. The number of anilines is 1. The van der Waals surface area contributed by atoms with E-state index in [-0.39, 0.29) is 11.7 Å². The third kappa shape index (κ3) is 3.57. The van der Waals surface area contributed by atoms with Gasteiger partial charge in [-0.2, -0.15) is 4.80 Å². The Morgan fingerprint density at radius 1 is 1.07 bits per heavy atom. The van der Waals surface area contributed by atoms with Gasteiger partial charge in [0.15, 0.2) is 10.4 Å². The van der Waals surface area contributed by atoms with Crippen LogP contribution in [0.2, 0.25) is 0 Å². The molecule has 2 heterocycles. The van der Waals surface area contributed by atoms with E-state index in [2.05, 4.69) is 57.4 Å². The SMILES string of the molecule is Cc1cc2nn(-c3ccc(C(C)C)cc3)nc2cc1NC(=O)c1ccc(Br)o1. The molecule has 28 heavy (non-hydrogen) atoms. The van der Waals surface area contributed by atoms with Crippen LogP contribution < -0.4 is 5.32 Å². The van der Waals surface area contributed by atoms with E-state index in [1.807, 2.05) is 31.2 Å². The summed E-state index contributed by atoms with van der Waals surface area (Å²) >= 11 is 3.20. The Bertz CT molecular complexity index is 1160. The maximum Gasteiger partial charge on any atom is 0.291 e. The number of furan rings is 1. The summed E-state index contributed by atoms with van der Waals surface area (Å²) in [6.07, 6.45) is 0. The van der Waals surface area contributed by atoms with Crippen LogP contribution in [0.1, 0.15) is 41.4 Å². The quantitative estimate of drug-likeness (QED) is 0.458. The van der Waals surface area contributed by atoms with Crippen LogP contribution in [-0.4, -0.2) is 20.9 Å². The van der Waals surface area contributed by atoms with Gasteiger partial charge in [0.1, 0.15) is 11.0 Å². The van der Waals surface area contributed by atoms with Gasteiger partial charge in [-0.15, -0.1) is 10.2 Å². The highest BCUT2D eigenvalue weighted by Gasteiger charge is 2.14. The van der Waals surface area contributed by atoms with Gasteiger partial charge in [0, 0.05) is 5.69 Å². The number of aromatic nitrogens is 3. The van der Waals surface area contributed by atoms with Gasteiger partial charge < -0.3 is 9.73 Å². The van der Waals surface area contributed by atoms with Gasteiger partial charge in [0.2, 0.25) is 0 Å². The maximum absolute atomic E-state index is 12.4. The zero-order valence-electron chi connectivity index (χ0n) is 15.7. The van der Waals surface area contributed by atoms with E-state index in [0.717, 1.165) is 16.8 Å². The lowest BCUT2D eigenvalue weighted by atomic mass is 10.0. The number of amides is 1. The zero-order chi connectivity index (χ0) is 19.8. The van der Waals surface area contributed by atoms with Gasteiger partial charge in [-0.1, -0.05) is 26.0 Å². The first-order valence-electron chi connectivity index (χ1n) is 8.95. The number of aryl methyl sites for hydroxylation is 1. The standard InChI is InChI=1S/C21H19BrN4O2/c1-12(2)14-4-6-15(7-5-14)26-24-17-10-13(3)16(11-18(17)25-26)23-21(27)19-8-9-20(22)28-19/h4-12H,1-3H3,(H,23,27). The second-order valence-electron chi connectivity index (χ2n) is 6.95. The average molecular weight is 439 g/mol. The number of benzene rings is 2. The summed E-state index contributed by atoms with van der Waals surface area (Å²) in [6, 6.07) is 15.2. The van der Waals surface area contributed by atoms with Gasteiger partial charge in [0.05, 0.1) is 5.69 Å². The molecule has 0 fully saturated rings. The first-order chi connectivity index (χ1) is 13.4. The second kappa shape index (κ2) is 7.24. The molecule has 0 unspecified atom stereocenters. The van der Waals surface area contributed by atoms with E-state index in [1.165, 1.54) is 5.56 Å². The highest BCUT2D eigenvalue weighted by Crippen LogP contribution is 2.24. The summed E-state index contributed by atoms with van der Waals surface area (Å²) in [5.41, 5.74) is 5.20. The minimum atomic E-state index is -0.315. The monoisotopic (exact) mass is 438 g/mol. The van der Waals surface area contributed by atoms with E-state index in [9.17, 15) is 4.79 Å². The van der Waals surface area contributed by atoms with Crippen molar-refractivity contribution in [3.05, 3.63) is 70.1 Å². The van der Waals surface area contributed by atoms with E-state index >= 15 is 0 Å². The smallest absolute Gasteiger partial charge is 0.291 e. The number of rotatable bonds is 4. The summed E-state index contributed by atoms with van der Waals surface area (Å²) in [6.45, 7) is 6.24. The molecule has 0 aliphatic carbocycles. The molecule has 7 heteroatoms. The Kier molecular flexibility index (Phi) is 4.77. The molecule has 0 aliphatic heterocycles. The molecule has 4 rings (SSSR count). The highest BCUT2D eigenvalue weighted by molar-refractivity contribution is 9.10. The molecule has 4 aromatic rings. The first-order valence-corrected chi connectivity index (χ1v) is 9.75. The van der Waals surface area contributed by atoms with Crippen molar-refractivity contribution < 1.29 is 9.21 Å². The van der Waals surface area contributed by atoms with Crippen LogP contribution in [0, 0.1) is 6.92 Å². The molecule has 142 valence electrons. The molecule has 1 amide bonds. The van der Waals surface area contributed by atoms with Crippen LogP contribution in [0.4, 0.5) is 5.69 Å². The molecular weight excluding hydrogens is 420 g/mol. The summed E-state index contributed by atoms with van der Waals surface area (Å²) < 4.78 is 5.82. The summed E-state index contributed by atoms with van der Waals surface area (Å²) in [7, 11) is 0. The average Bonchev–Trinajstić information content (AvgIpc) is 3.28. The summed E-state index contributed by atoms with van der Waals surface area (Å²) in [5.74, 6) is 0.396. The van der Waals surface area contributed by atoms with Crippen LogP contribution in [0.25, 0.3) is 16.7 Å². The van der Waals surface area contributed by atoms with Crippen molar-refractivity contribution in [3.8, 4) is 5.69 Å². The number of fused-ring (bicyclic) bond motifs is 1. The molecule has 0 saturated heterocycles. The molecule has 0 bridgehead atoms. The van der Waals surface area contributed by atoms with Gasteiger partial charge >= 0.3 is 0 Å². The van der Waals surface area contributed by atoms with Crippen LogP contribution in [0.3, 0.4) is 0 Å². The van der Waals surface area contributed by atoms with E-state index in [4.69, 9.17) is 4.42 Å².